The molecule has 0 radical (unpaired) electrons. The summed E-state index contributed by atoms with van der Waals surface area (Å²) in [5, 5.41) is 22.4. The van der Waals surface area contributed by atoms with Gasteiger partial charge >= 0.3 is 0 Å². The number of rotatable bonds is 2. The molecule has 1 aliphatic rings. The van der Waals surface area contributed by atoms with Gasteiger partial charge < -0.3 is 20.2 Å². The lowest BCUT2D eigenvalue weighted by atomic mass is 9.72. The van der Waals surface area contributed by atoms with E-state index in [1.165, 1.54) is 11.1 Å². The Morgan fingerprint density at radius 1 is 0.528 bits per heavy atom. The van der Waals surface area contributed by atoms with E-state index in [0.717, 1.165) is 53.3 Å². The predicted molar refractivity (Wildman–Crippen MR) is 150 cm³/mol. The largest absolute Gasteiger partial charge is 0.508 e. The van der Waals surface area contributed by atoms with Crippen LogP contribution in [0.5, 0.6) is 11.5 Å². The Labute approximate surface area is 223 Å². The monoisotopic (exact) mass is 598 g/mol. The second kappa shape index (κ2) is 8.02. The van der Waals surface area contributed by atoms with Gasteiger partial charge in [-0.3, -0.25) is 0 Å². The first-order valence-electron chi connectivity index (χ1n) is 11.7. The fourth-order valence-corrected chi connectivity index (χ4v) is 6.50. The van der Waals surface area contributed by atoms with Crippen molar-refractivity contribution in [1.82, 2.24) is 9.97 Å². The minimum absolute atomic E-state index is 0.0572. The normalized spacial score (nSPS) is 16.8. The molecule has 0 amide bonds. The third-order valence-electron chi connectivity index (χ3n) is 7.27. The second-order valence-electron chi connectivity index (χ2n) is 9.33. The number of phenolic OH excluding ortho intramolecular Hbond substituents is 2. The Morgan fingerprint density at radius 3 is 1.31 bits per heavy atom. The van der Waals surface area contributed by atoms with E-state index in [1.54, 1.807) is 24.3 Å². The number of aromatic nitrogens is 2. The van der Waals surface area contributed by atoms with Gasteiger partial charge in [-0.15, -0.1) is 0 Å². The number of halogens is 2. The van der Waals surface area contributed by atoms with Gasteiger partial charge in [0.1, 0.15) is 11.5 Å². The zero-order valence-electron chi connectivity index (χ0n) is 18.9. The summed E-state index contributed by atoms with van der Waals surface area (Å²) < 4.78 is 2.04. The summed E-state index contributed by atoms with van der Waals surface area (Å²) >= 11 is 7.36. The Balaban J connectivity index is 1.63. The molecule has 176 valence electrons. The summed E-state index contributed by atoms with van der Waals surface area (Å²) in [6.45, 7) is 0. The molecule has 0 fully saturated rings. The summed E-state index contributed by atoms with van der Waals surface area (Å²) in [5.74, 6) is 0.384. The van der Waals surface area contributed by atoms with E-state index >= 15 is 0 Å². The van der Waals surface area contributed by atoms with E-state index < -0.39 is 0 Å². The predicted octanol–water partition coefficient (Wildman–Crippen LogP) is 8.26. The van der Waals surface area contributed by atoms with Crippen molar-refractivity contribution >= 4 is 53.7 Å². The Hall–Kier alpha value is -3.48. The average molecular weight is 600 g/mol. The van der Waals surface area contributed by atoms with E-state index in [1.807, 2.05) is 24.3 Å². The Bertz CT molecular complexity index is 1650. The average Bonchev–Trinajstić information content (AvgIpc) is 3.42. The molecule has 6 aromatic rings. The van der Waals surface area contributed by atoms with E-state index in [9.17, 15) is 10.2 Å². The highest BCUT2D eigenvalue weighted by atomic mass is 79.9. The van der Waals surface area contributed by atoms with Crippen LogP contribution in [-0.4, -0.2) is 20.2 Å². The van der Waals surface area contributed by atoms with Crippen LogP contribution in [0.1, 0.15) is 45.5 Å². The molecule has 0 spiro atoms. The Kier molecular flexibility index (Phi) is 4.85. The molecular formula is C30H20Br2N2O2. The van der Waals surface area contributed by atoms with Gasteiger partial charge in [-0.05, 0) is 82.9 Å². The molecule has 36 heavy (non-hydrogen) atoms. The SMILES string of the molecule is Oc1ccc(C2c3[nH]c4ccc(Br)cc4c3C(c3ccc(O)cc3)c3[nH]c4ccc(Br)cc4c32)cc1. The fraction of sp³-hybridized carbons (Fsp3) is 0.0667. The van der Waals surface area contributed by atoms with Crippen molar-refractivity contribution in [2.75, 3.05) is 0 Å². The molecule has 2 unspecified atom stereocenters. The first kappa shape index (κ1) is 21.8. The maximum absolute atomic E-state index is 10.0. The van der Waals surface area contributed by atoms with Crippen molar-refractivity contribution in [2.24, 2.45) is 0 Å². The molecule has 0 saturated carbocycles. The highest BCUT2D eigenvalue weighted by Gasteiger charge is 2.39. The summed E-state index contributed by atoms with van der Waals surface area (Å²) in [4.78, 5) is 7.54. The van der Waals surface area contributed by atoms with Gasteiger partial charge in [0.15, 0.2) is 0 Å². The third-order valence-corrected chi connectivity index (χ3v) is 8.26. The molecule has 7 rings (SSSR count). The van der Waals surface area contributed by atoms with Crippen LogP contribution in [0.4, 0.5) is 0 Å². The molecular weight excluding hydrogens is 580 g/mol. The van der Waals surface area contributed by atoms with Crippen LogP contribution in [0.3, 0.4) is 0 Å². The summed E-state index contributed by atoms with van der Waals surface area (Å²) in [6, 6.07) is 27.7. The minimum atomic E-state index is -0.0572. The summed E-state index contributed by atoms with van der Waals surface area (Å²) in [7, 11) is 0. The van der Waals surface area contributed by atoms with E-state index in [2.05, 4.69) is 78.2 Å². The number of aromatic amines is 2. The smallest absolute Gasteiger partial charge is 0.115 e. The van der Waals surface area contributed by atoms with Crippen molar-refractivity contribution in [2.45, 2.75) is 11.8 Å². The molecule has 2 heterocycles. The van der Waals surface area contributed by atoms with E-state index in [4.69, 9.17) is 0 Å². The van der Waals surface area contributed by atoms with Crippen LogP contribution in [-0.2, 0) is 0 Å². The van der Waals surface area contributed by atoms with Gasteiger partial charge in [-0.1, -0.05) is 56.1 Å². The lowest BCUT2D eigenvalue weighted by Gasteiger charge is -2.31. The van der Waals surface area contributed by atoms with Crippen LogP contribution in [0.15, 0.2) is 93.9 Å². The fourth-order valence-electron chi connectivity index (χ4n) is 5.78. The van der Waals surface area contributed by atoms with E-state index in [0.29, 0.717) is 0 Å². The maximum atomic E-state index is 10.0. The first-order chi connectivity index (χ1) is 17.5. The molecule has 2 atom stereocenters. The molecule has 0 bridgehead atoms. The molecule has 4 aromatic carbocycles. The topological polar surface area (TPSA) is 72.0 Å². The summed E-state index contributed by atoms with van der Waals surface area (Å²) in [6.07, 6.45) is 0. The standard InChI is InChI=1S/C30H20Br2N2O2/c31-17-5-11-23-21(13-17)27-25(15-1-7-19(35)8-2-15)29-28(22-14-18(32)6-12-24(22)33-29)26(30(27)34-23)16-3-9-20(36)10-4-16/h1-14,25-26,33-36H. The number of nitrogens with one attached hydrogen (secondary N) is 2. The lowest BCUT2D eigenvalue weighted by molar-refractivity contribution is 0.474. The molecule has 0 saturated heterocycles. The number of H-pyrrole nitrogens is 2. The van der Waals surface area contributed by atoms with Gasteiger partial charge in [-0.25, -0.2) is 0 Å². The van der Waals surface area contributed by atoms with E-state index in [-0.39, 0.29) is 23.3 Å². The van der Waals surface area contributed by atoms with Crippen molar-refractivity contribution in [3.05, 3.63) is 128 Å². The van der Waals surface area contributed by atoms with Crippen molar-refractivity contribution in [3.8, 4) is 11.5 Å². The van der Waals surface area contributed by atoms with Gasteiger partial charge in [-0.2, -0.15) is 0 Å². The summed E-state index contributed by atoms with van der Waals surface area (Å²) in [5.41, 5.74) is 9.07. The maximum Gasteiger partial charge on any atom is 0.115 e. The van der Waals surface area contributed by atoms with Gasteiger partial charge in [0.25, 0.3) is 0 Å². The highest BCUT2D eigenvalue weighted by molar-refractivity contribution is 9.10. The number of benzene rings is 4. The molecule has 6 heteroatoms. The lowest BCUT2D eigenvalue weighted by Crippen LogP contribution is -2.19. The van der Waals surface area contributed by atoms with Gasteiger partial charge in [0.2, 0.25) is 0 Å². The van der Waals surface area contributed by atoms with Gasteiger partial charge in [0, 0.05) is 42.1 Å². The zero-order valence-corrected chi connectivity index (χ0v) is 22.1. The molecule has 4 nitrogen and oxygen atoms in total. The van der Waals surface area contributed by atoms with Crippen LogP contribution >= 0.6 is 31.9 Å². The van der Waals surface area contributed by atoms with Crippen LogP contribution in [0.2, 0.25) is 0 Å². The van der Waals surface area contributed by atoms with Crippen molar-refractivity contribution < 1.29 is 10.2 Å². The first-order valence-corrected chi connectivity index (χ1v) is 13.3. The van der Waals surface area contributed by atoms with Crippen LogP contribution < -0.4 is 0 Å². The highest BCUT2D eigenvalue weighted by Crippen LogP contribution is 2.53. The van der Waals surface area contributed by atoms with Gasteiger partial charge in [0.05, 0.1) is 11.8 Å². The number of hydrogen-bond donors (Lipinski definition) is 4. The molecule has 4 N–H and O–H groups in total. The van der Waals surface area contributed by atoms with Crippen LogP contribution in [0, 0.1) is 0 Å². The quantitative estimate of drug-likeness (QED) is 0.161. The van der Waals surface area contributed by atoms with Crippen LogP contribution in [0.25, 0.3) is 21.8 Å². The number of phenols is 2. The number of fused-ring (bicyclic) bond motifs is 6. The van der Waals surface area contributed by atoms with Crippen molar-refractivity contribution in [1.29, 1.82) is 0 Å². The molecule has 2 aromatic heterocycles. The van der Waals surface area contributed by atoms with Crippen molar-refractivity contribution in [3.63, 3.8) is 0 Å². The zero-order chi connectivity index (χ0) is 24.6. The minimum Gasteiger partial charge on any atom is -0.508 e. The molecule has 0 aliphatic heterocycles. The Morgan fingerprint density at radius 2 is 0.917 bits per heavy atom. The third kappa shape index (κ3) is 3.25. The number of aromatic hydroxyl groups is 2. The number of hydrogen-bond acceptors (Lipinski definition) is 2. The second-order valence-corrected chi connectivity index (χ2v) is 11.2. The molecule has 1 aliphatic carbocycles.